The zero-order valence-electron chi connectivity index (χ0n) is 12.8. The summed E-state index contributed by atoms with van der Waals surface area (Å²) in [6, 6.07) is 15.0. The number of rotatable bonds is 4. The number of benzene rings is 2. The molecule has 3 aromatic rings. The molecule has 21 heavy (non-hydrogen) atoms. The second-order valence-electron chi connectivity index (χ2n) is 5.61. The minimum atomic E-state index is 0.825. The zero-order chi connectivity index (χ0) is 14.8. The molecule has 3 heteroatoms. The van der Waals surface area contributed by atoms with Gasteiger partial charge in [0.25, 0.3) is 0 Å². The van der Waals surface area contributed by atoms with Crippen molar-refractivity contribution in [2.45, 2.75) is 13.5 Å². The number of aromatic amines is 1. The van der Waals surface area contributed by atoms with E-state index in [1.165, 1.54) is 27.7 Å². The van der Waals surface area contributed by atoms with E-state index in [2.05, 4.69) is 78.7 Å². The van der Waals surface area contributed by atoms with Crippen LogP contribution in [0.4, 0.5) is 11.4 Å². The van der Waals surface area contributed by atoms with Crippen LogP contribution in [-0.2, 0) is 6.54 Å². The molecule has 0 aliphatic carbocycles. The summed E-state index contributed by atoms with van der Waals surface area (Å²) in [7, 11) is 4.15. The second-order valence-corrected chi connectivity index (χ2v) is 5.61. The van der Waals surface area contributed by atoms with Crippen molar-refractivity contribution in [2.75, 3.05) is 24.3 Å². The predicted molar refractivity (Wildman–Crippen MR) is 91.1 cm³/mol. The van der Waals surface area contributed by atoms with E-state index in [0.717, 1.165) is 12.2 Å². The van der Waals surface area contributed by atoms with E-state index in [1.54, 1.807) is 0 Å². The number of hydrogen-bond acceptors (Lipinski definition) is 2. The Labute approximate surface area is 125 Å². The van der Waals surface area contributed by atoms with Crippen LogP contribution in [0.15, 0.2) is 48.7 Å². The topological polar surface area (TPSA) is 31.1 Å². The smallest absolute Gasteiger partial charge is 0.0457 e. The van der Waals surface area contributed by atoms with Gasteiger partial charge in [0.15, 0.2) is 0 Å². The molecule has 0 radical (unpaired) electrons. The highest BCUT2D eigenvalue weighted by Gasteiger charge is 2.04. The van der Waals surface area contributed by atoms with Crippen LogP contribution in [0, 0.1) is 6.92 Å². The average molecular weight is 279 g/mol. The molecule has 0 amide bonds. The Bertz CT molecular complexity index is 756. The molecule has 0 aliphatic heterocycles. The Morgan fingerprint density at radius 2 is 1.95 bits per heavy atom. The summed E-state index contributed by atoms with van der Waals surface area (Å²) in [4.78, 5) is 5.40. The molecule has 2 aromatic carbocycles. The first-order valence-corrected chi connectivity index (χ1v) is 7.22. The van der Waals surface area contributed by atoms with Crippen molar-refractivity contribution in [3.63, 3.8) is 0 Å². The maximum Gasteiger partial charge on any atom is 0.0457 e. The molecule has 1 heterocycles. The van der Waals surface area contributed by atoms with Crippen molar-refractivity contribution < 1.29 is 0 Å². The van der Waals surface area contributed by atoms with Crippen LogP contribution in [0.5, 0.6) is 0 Å². The second kappa shape index (κ2) is 5.52. The first kappa shape index (κ1) is 13.6. The lowest BCUT2D eigenvalue weighted by molar-refractivity contribution is 1.11. The van der Waals surface area contributed by atoms with Gasteiger partial charge in [-0.1, -0.05) is 18.2 Å². The fourth-order valence-corrected chi connectivity index (χ4v) is 2.70. The molecule has 3 rings (SSSR count). The Morgan fingerprint density at radius 1 is 1.10 bits per heavy atom. The highest BCUT2D eigenvalue weighted by molar-refractivity contribution is 5.83. The Hall–Kier alpha value is -2.42. The molecule has 0 fully saturated rings. The Morgan fingerprint density at radius 3 is 2.76 bits per heavy atom. The van der Waals surface area contributed by atoms with Crippen molar-refractivity contribution in [3.05, 3.63) is 59.8 Å². The van der Waals surface area contributed by atoms with Crippen molar-refractivity contribution in [1.29, 1.82) is 0 Å². The predicted octanol–water partition coefficient (Wildman–Crippen LogP) is 4.15. The fraction of sp³-hybridized carbons (Fsp3) is 0.222. The third-order valence-corrected chi connectivity index (χ3v) is 3.86. The monoisotopic (exact) mass is 279 g/mol. The summed E-state index contributed by atoms with van der Waals surface area (Å²) in [5, 5.41) is 4.81. The minimum absolute atomic E-state index is 0.825. The van der Waals surface area contributed by atoms with Crippen molar-refractivity contribution in [3.8, 4) is 0 Å². The maximum atomic E-state index is 3.52. The van der Waals surface area contributed by atoms with Crippen LogP contribution in [0.2, 0.25) is 0 Å². The van der Waals surface area contributed by atoms with E-state index in [-0.39, 0.29) is 0 Å². The normalized spacial score (nSPS) is 10.8. The molecule has 0 bridgehead atoms. The molecule has 2 N–H and O–H groups in total. The van der Waals surface area contributed by atoms with Gasteiger partial charge in [0, 0.05) is 49.1 Å². The summed E-state index contributed by atoms with van der Waals surface area (Å²) in [6.45, 7) is 2.96. The number of fused-ring (bicyclic) bond motifs is 1. The van der Waals surface area contributed by atoms with Crippen molar-refractivity contribution in [1.82, 2.24) is 4.98 Å². The third-order valence-electron chi connectivity index (χ3n) is 3.86. The van der Waals surface area contributed by atoms with E-state index in [9.17, 15) is 0 Å². The molecular weight excluding hydrogens is 258 g/mol. The lowest BCUT2D eigenvalue weighted by atomic mass is 10.1. The SMILES string of the molecule is Cc1ccc(NCc2cccc3[nH]ccc23)cc1N(C)C. The Kier molecular flexibility index (Phi) is 3.57. The van der Waals surface area contributed by atoms with Gasteiger partial charge in [-0.15, -0.1) is 0 Å². The van der Waals surface area contributed by atoms with Crippen LogP contribution in [0.1, 0.15) is 11.1 Å². The zero-order valence-corrected chi connectivity index (χ0v) is 12.8. The van der Waals surface area contributed by atoms with Crippen LogP contribution in [-0.4, -0.2) is 19.1 Å². The van der Waals surface area contributed by atoms with Crippen LogP contribution >= 0.6 is 0 Å². The summed E-state index contributed by atoms with van der Waals surface area (Å²) in [5.74, 6) is 0. The molecule has 0 saturated heterocycles. The van der Waals surface area contributed by atoms with Gasteiger partial charge in [0.1, 0.15) is 0 Å². The van der Waals surface area contributed by atoms with Gasteiger partial charge in [-0.3, -0.25) is 0 Å². The largest absolute Gasteiger partial charge is 0.381 e. The highest BCUT2D eigenvalue weighted by atomic mass is 15.1. The van der Waals surface area contributed by atoms with Gasteiger partial charge in [-0.05, 0) is 42.3 Å². The number of anilines is 2. The lowest BCUT2D eigenvalue weighted by Crippen LogP contribution is -2.11. The van der Waals surface area contributed by atoms with E-state index < -0.39 is 0 Å². The molecule has 0 unspecified atom stereocenters. The summed E-state index contributed by atoms with van der Waals surface area (Å²) < 4.78 is 0. The van der Waals surface area contributed by atoms with Gasteiger partial charge in [-0.25, -0.2) is 0 Å². The lowest BCUT2D eigenvalue weighted by Gasteiger charge is -2.17. The quantitative estimate of drug-likeness (QED) is 0.751. The number of nitrogens with zero attached hydrogens (tertiary/aromatic N) is 1. The van der Waals surface area contributed by atoms with Crippen LogP contribution < -0.4 is 10.2 Å². The van der Waals surface area contributed by atoms with E-state index in [0.29, 0.717) is 0 Å². The molecule has 0 aliphatic rings. The first-order valence-electron chi connectivity index (χ1n) is 7.22. The minimum Gasteiger partial charge on any atom is -0.381 e. The Balaban J connectivity index is 1.82. The summed E-state index contributed by atoms with van der Waals surface area (Å²) in [5.41, 5.74) is 6.18. The highest BCUT2D eigenvalue weighted by Crippen LogP contribution is 2.24. The number of aromatic nitrogens is 1. The summed E-state index contributed by atoms with van der Waals surface area (Å²) in [6.07, 6.45) is 1.99. The molecule has 0 saturated carbocycles. The number of hydrogen-bond donors (Lipinski definition) is 2. The van der Waals surface area contributed by atoms with Crippen molar-refractivity contribution >= 4 is 22.3 Å². The van der Waals surface area contributed by atoms with Gasteiger partial charge >= 0.3 is 0 Å². The average Bonchev–Trinajstić information content (AvgIpc) is 2.95. The maximum absolute atomic E-state index is 3.52. The standard InChI is InChI=1S/C18H21N3/c1-13-7-8-15(11-18(13)21(2)3)20-12-14-5-4-6-17-16(14)9-10-19-17/h4-11,19-20H,12H2,1-3H3. The van der Waals surface area contributed by atoms with Gasteiger partial charge < -0.3 is 15.2 Å². The molecule has 0 spiro atoms. The van der Waals surface area contributed by atoms with Crippen LogP contribution in [0.25, 0.3) is 10.9 Å². The van der Waals surface area contributed by atoms with Gasteiger partial charge in [0.05, 0.1) is 0 Å². The fourth-order valence-electron chi connectivity index (χ4n) is 2.70. The molecule has 108 valence electrons. The number of nitrogens with one attached hydrogen (secondary N) is 2. The first-order chi connectivity index (χ1) is 10.1. The number of aryl methyl sites for hydroxylation is 1. The third kappa shape index (κ3) is 2.72. The van der Waals surface area contributed by atoms with Gasteiger partial charge in [-0.2, -0.15) is 0 Å². The number of H-pyrrole nitrogens is 1. The van der Waals surface area contributed by atoms with Gasteiger partial charge in [0.2, 0.25) is 0 Å². The van der Waals surface area contributed by atoms with E-state index in [4.69, 9.17) is 0 Å². The van der Waals surface area contributed by atoms with Crippen molar-refractivity contribution in [2.24, 2.45) is 0 Å². The molecule has 0 atom stereocenters. The molecule has 1 aromatic heterocycles. The summed E-state index contributed by atoms with van der Waals surface area (Å²) >= 11 is 0. The van der Waals surface area contributed by atoms with E-state index >= 15 is 0 Å². The molecule has 3 nitrogen and oxygen atoms in total. The molecular formula is C18H21N3. The van der Waals surface area contributed by atoms with E-state index in [1.807, 2.05) is 6.20 Å². The van der Waals surface area contributed by atoms with Crippen LogP contribution in [0.3, 0.4) is 0 Å².